The second-order valence-electron chi connectivity index (χ2n) is 3.31. The van der Waals surface area contributed by atoms with Crippen LogP contribution in [0.4, 0.5) is 5.69 Å². The molecule has 0 saturated carbocycles. The van der Waals surface area contributed by atoms with E-state index in [1.165, 1.54) is 5.56 Å². The summed E-state index contributed by atoms with van der Waals surface area (Å²) < 4.78 is 0. The van der Waals surface area contributed by atoms with Crippen molar-refractivity contribution in [2.24, 2.45) is 0 Å². The Bertz CT molecular complexity index is 454. The Hall–Kier alpha value is -1.48. The molecule has 1 aromatic heterocycles. The van der Waals surface area contributed by atoms with Crippen molar-refractivity contribution >= 4 is 17.4 Å². The highest BCUT2D eigenvalue weighted by atomic mass is 32.2. The van der Waals surface area contributed by atoms with Crippen molar-refractivity contribution in [3.05, 3.63) is 48.2 Å². The summed E-state index contributed by atoms with van der Waals surface area (Å²) in [6.45, 7) is 2.03. The van der Waals surface area contributed by atoms with Crippen LogP contribution >= 0.6 is 11.8 Å². The van der Waals surface area contributed by atoms with E-state index in [2.05, 4.69) is 11.1 Å². The molecule has 0 spiro atoms. The molecule has 0 aliphatic heterocycles. The molecule has 2 aromatic rings. The van der Waals surface area contributed by atoms with Crippen molar-refractivity contribution in [2.75, 3.05) is 5.73 Å². The minimum absolute atomic E-state index is 0.811. The first-order chi connectivity index (χ1) is 7.25. The molecule has 2 rings (SSSR count). The Labute approximate surface area is 93.5 Å². The van der Waals surface area contributed by atoms with E-state index in [4.69, 9.17) is 5.73 Å². The highest BCUT2D eigenvalue weighted by Crippen LogP contribution is 2.30. The number of pyridine rings is 1. The van der Waals surface area contributed by atoms with Crippen molar-refractivity contribution in [1.29, 1.82) is 0 Å². The largest absolute Gasteiger partial charge is 0.398 e. The topological polar surface area (TPSA) is 38.9 Å². The maximum Gasteiger partial charge on any atom is 0.101 e. The number of anilines is 1. The molecule has 1 heterocycles. The highest BCUT2D eigenvalue weighted by molar-refractivity contribution is 7.99. The number of aryl methyl sites for hydroxylation is 1. The van der Waals surface area contributed by atoms with E-state index >= 15 is 0 Å². The van der Waals surface area contributed by atoms with Gasteiger partial charge in [-0.2, -0.15) is 0 Å². The predicted molar refractivity (Wildman–Crippen MR) is 64.0 cm³/mol. The second-order valence-corrected chi connectivity index (χ2v) is 4.37. The van der Waals surface area contributed by atoms with Gasteiger partial charge in [0.2, 0.25) is 0 Å². The fourth-order valence-electron chi connectivity index (χ4n) is 1.28. The number of nitrogens with zero attached hydrogens (tertiary/aromatic N) is 1. The molecule has 0 bridgehead atoms. The van der Waals surface area contributed by atoms with Gasteiger partial charge in [-0.15, -0.1) is 0 Å². The molecule has 0 amide bonds. The summed E-state index contributed by atoms with van der Waals surface area (Å²) in [7, 11) is 0. The monoisotopic (exact) mass is 216 g/mol. The number of hydrogen-bond donors (Lipinski definition) is 1. The lowest BCUT2D eigenvalue weighted by molar-refractivity contribution is 1.13. The number of benzene rings is 1. The quantitative estimate of drug-likeness (QED) is 0.784. The lowest BCUT2D eigenvalue weighted by atomic mass is 10.2. The van der Waals surface area contributed by atoms with Crippen LogP contribution in [-0.2, 0) is 0 Å². The number of aromatic nitrogens is 1. The smallest absolute Gasteiger partial charge is 0.101 e. The number of nitrogens with two attached hydrogens (primary N) is 1. The van der Waals surface area contributed by atoms with Gasteiger partial charge in [-0.05, 0) is 36.8 Å². The third kappa shape index (κ3) is 2.50. The molecule has 0 atom stereocenters. The van der Waals surface area contributed by atoms with Gasteiger partial charge in [-0.25, -0.2) is 4.98 Å². The van der Waals surface area contributed by atoms with Crippen LogP contribution in [0.15, 0.2) is 52.5 Å². The minimum atomic E-state index is 0.811. The van der Waals surface area contributed by atoms with E-state index in [1.807, 2.05) is 37.3 Å². The summed E-state index contributed by atoms with van der Waals surface area (Å²) in [6, 6.07) is 11.9. The van der Waals surface area contributed by atoms with E-state index in [1.54, 1.807) is 18.0 Å². The molecule has 0 fully saturated rings. The van der Waals surface area contributed by atoms with Gasteiger partial charge in [-0.3, -0.25) is 0 Å². The third-order valence-corrected chi connectivity index (χ3v) is 3.06. The molecule has 0 radical (unpaired) electrons. The standard InChI is InChI=1S/C12H12N2S/c1-9-5-6-11(10(13)8-9)15-12-4-2-3-7-14-12/h2-8H,13H2,1H3. The maximum atomic E-state index is 5.92. The molecule has 2 nitrogen and oxygen atoms in total. The predicted octanol–water partition coefficient (Wildman–Crippen LogP) is 3.12. The molecule has 0 unspecified atom stereocenters. The van der Waals surface area contributed by atoms with Gasteiger partial charge in [-0.1, -0.05) is 23.9 Å². The van der Waals surface area contributed by atoms with Gasteiger partial charge in [0.05, 0.1) is 0 Å². The van der Waals surface area contributed by atoms with Gasteiger partial charge < -0.3 is 5.73 Å². The van der Waals surface area contributed by atoms with Gasteiger partial charge in [0.25, 0.3) is 0 Å². The first kappa shape index (κ1) is 10.1. The third-order valence-electron chi connectivity index (χ3n) is 2.02. The Morgan fingerprint density at radius 3 is 2.73 bits per heavy atom. The normalized spacial score (nSPS) is 10.2. The highest BCUT2D eigenvalue weighted by Gasteiger charge is 2.02. The van der Waals surface area contributed by atoms with E-state index in [0.717, 1.165) is 15.6 Å². The number of nitrogen functional groups attached to an aromatic ring is 1. The van der Waals surface area contributed by atoms with Gasteiger partial charge in [0.15, 0.2) is 0 Å². The average molecular weight is 216 g/mol. The van der Waals surface area contributed by atoms with Gasteiger partial charge >= 0.3 is 0 Å². The lowest BCUT2D eigenvalue weighted by Crippen LogP contribution is -1.89. The lowest BCUT2D eigenvalue weighted by Gasteiger charge is -2.05. The van der Waals surface area contributed by atoms with E-state index in [-0.39, 0.29) is 0 Å². The zero-order chi connectivity index (χ0) is 10.7. The summed E-state index contributed by atoms with van der Waals surface area (Å²) in [5.41, 5.74) is 7.91. The van der Waals surface area contributed by atoms with Crippen molar-refractivity contribution < 1.29 is 0 Å². The van der Waals surface area contributed by atoms with Crippen LogP contribution in [0.5, 0.6) is 0 Å². The molecule has 0 aliphatic carbocycles. The molecule has 0 saturated heterocycles. The summed E-state index contributed by atoms with van der Waals surface area (Å²) in [6.07, 6.45) is 1.78. The molecule has 0 aliphatic rings. The summed E-state index contributed by atoms with van der Waals surface area (Å²) in [5, 5.41) is 0.966. The fourth-order valence-corrected chi connectivity index (χ4v) is 2.08. The SMILES string of the molecule is Cc1ccc(Sc2ccccn2)c(N)c1. The van der Waals surface area contributed by atoms with Crippen LogP contribution in [0.1, 0.15) is 5.56 Å². The van der Waals surface area contributed by atoms with Crippen LogP contribution in [-0.4, -0.2) is 4.98 Å². The first-order valence-corrected chi connectivity index (χ1v) is 5.52. The fraction of sp³-hybridized carbons (Fsp3) is 0.0833. The van der Waals surface area contributed by atoms with Crippen LogP contribution in [0.3, 0.4) is 0 Å². The molecule has 76 valence electrons. The van der Waals surface area contributed by atoms with Crippen molar-refractivity contribution in [1.82, 2.24) is 4.98 Å². The second kappa shape index (κ2) is 4.36. The number of rotatable bonds is 2. The Morgan fingerprint density at radius 2 is 2.07 bits per heavy atom. The average Bonchev–Trinajstić information content (AvgIpc) is 2.24. The zero-order valence-electron chi connectivity index (χ0n) is 8.47. The van der Waals surface area contributed by atoms with Gasteiger partial charge in [0, 0.05) is 16.8 Å². The van der Waals surface area contributed by atoms with Crippen molar-refractivity contribution in [3.63, 3.8) is 0 Å². The molecular weight excluding hydrogens is 204 g/mol. The maximum absolute atomic E-state index is 5.92. The minimum Gasteiger partial charge on any atom is -0.398 e. The van der Waals surface area contributed by atoms with Crippen LogP contribution in [0, 0.1) is 6.92 Å². The number of hydrogen-bond acceptors (Lipinski definition) is 3. The van der Waals surface area contributed by atoms with Gasteiger partial charge in [0.1, 0.15) is 5.03 Å². The molecular formula is C12H12N2S. The van der Waals surface area contributed by atoms with Crippen molar-refractivity contribution in [2.45, 2.75) is 16.8 Å². The first-order valence-electron chi connectivity index (χ1n) is 4.71. The van der Waals surface area contributed by atoms with Crippen molar-refractivity contribution in [3.8, 4) is 0 Å². The Morgan fingerprint density at radius 1 is 1.20 bits per heavy atom. The van der Waals surface area contributed by atoms with E-state index < -0.39 is 0 Å². The Balaban J connectivity index is 2.25. The van der Waals surface area contributed by atoms with E-state index in [9.17, 15) is 0 Å². The zero-order valence-corrected chi connectivity index (χ0v) is 9.29. The summed E-state index contributed by atoms with van der Waals surface area (Å²) in [4.78, 5) is 5.30. The van der Waals surface area contributed by atoms with Crippen LogP contribution in [0.25, 0.3) is 0 Å². The molecule has 1 aromatic carbocycles. The van der Waals surface area contributed by atoms with Crippen LogP contribution < -0.4 is 5.73 Å². The van der Waals surface area contributed by atoms with E-state index in [0.29, 0.717) is 0 Å². The Kier molecular flexibility index (Phi) is 2.92. The molecule has 2 N–H and O–H groups in total. The molecule has 3 heteroatoms. The summed E-state index contributed by atoms with van der Waals surface area (Å²) >= 11 is 1.59. The molecule has 15 heavy (non-hydrogen) atoms. The summed E-state index contributed by atoms with van der Waals surface area (Å²) in [5.74, 6) is 0. The van der Waals surface area contributed by atoms with Crippen LogP contribution in [0.2, 0.25) is 0 Å².